The summed E-state index contributed by atoms with van der Waals surface area (Å²) in [6.45, 7) is 6.62. The van der Waals surface area contributed by atoms with Gasteiger partial charge in [0.2, 0.25) is 0 Å². The van der Waals surface area contributed by atoms with Crippen LogP contribution >= 0.6 is 0 Å². The molecule has 1 aromatic heterocycles. The van der Waals surface area contributed by atoms with E-state index in [4.69, 9.17) is 0 Å². The highest BCUT2D eigenvalue weighted by Crippen LogP contribution is 2.26. The van der Waals surface area contributed by atoms with Gasteiger partial charge in [-0.25, -0.2) is 4.79 Å². The van der Waals surface area contributed by atoms with Crippen LogP contribution in [0.5, 0.6) is 0 Å². The van der Waals surface area contributed by atoms with Crippen LogP contribution in [-0.4, -0.2) is 9.13 Å². The van der Waals surface area contributed by atoms with Gasteiger partial charge in [0.1, 0.15) is 0 Å². The Kier molecular flexibility index (Phi) is 3.55. The van der Waals surface area contributed by atoms with E-state index in [2.05, 4.69) is 50.4 Å². The lowest BCUT2D eigenvalue weighted by Crippen LogP contribution is -2.19. The van der Waals surface area contributed by atoms with Crippen molar-refractivity contribution in [3.63, 3.8) is 0 Å². The molecule has 0 radical (unpaired) electrons. The molecule has 0 atom stereocenters. The normalized spacial score (nSPS) is 11.9. The van der Waals surface area contributed by atoms with Crippen LogP contribution in [0.1, 0.15) is 26.3 Å². The first-order valence-corrected chi connectivity index (χ1v) is 7.80. The van der Waals surface area contributed by atoms with Gasteiger partial charge in [0.15, 0.2) is 0 Å². The molecule has 4 heteroatoms. The number of nitrogens with zero attached hydrogens (tertiary/aromatic N) is 2. The molecule has 0 saturated heterocycles. The highest BCUT2D eigenvalue weighted by atomic mass is 16.1. The van der Waals surface area contributed by atoms with Gasteiger partial charge < -0.3 is 5.32 Å². The van der Waals surface area contributed by atoms with Gasteiger partial charge >= 0.3 is 5.69 Å². The van der Waals surface area contributed by atoms with Crippen LogP contribution in [-0.2, 0) is 19.5 Å². The molecule has 0 fully saturated rings. The second-order valence-corrected chi connectivity index (χ2v) is 7.06. The molecular weight excluding hydrogens is 286 g/mol. The van der Waals surface area contributed by atoms with Crippen LogP contribution in [0.2, 0.25) is 0 Å². The number of anilines is 2. The van der Waals surface area contributed by atoms with Gasteiger partial charge in [-0.15, -0.1) is 0 Å². The number of benzene rings is 2. The molecular formula is C19H23N3O. The summed E-state index contributed by atoms with van der Waals surface area (Å²) in [5.74, 6) is 0. The Bertz CT molecular complexity index is 909. The number of aryl methyl sites for hydroxylation is 2. The zero-order valence-corrected chi connectivity index (χ0v) is 14.3. The fraction of sp³-hybridized carbons (Fsp3) is 0.316. The number of hydrogen-bond acceptors (Lipinski definition) is 2. The summed E-state index contributed by atoms with van der Waals surface area (Å²) in [6.07, 6.45) is 0. The summed E-state index contributed by atoms with van der Waals surface area (Å²) in [6, 6.07) is 14.5. The van der Waals surface area contributed by atoms with Crippen LogP contribution in [0.25, 0.3) is 11.0 Å². The largest absolute Gasteiger partial charge is 0.355 e. The Morgan fingerprint density at radius 3 is 2.00 bits per heavy atom. The Morgan fingerprint density at radius 2 is 1.39 bits per heavy atom. The summed E-state index contributed by atoms with van der Waals surface area (Å²) in [7, 11) is 3.59. The van der Waals surface area contributed by atoms with E-state index in [1.54, 1.807) is 23.2 Å². The van der Waals surface area contributed by atoms with E-state index in [0.717, 1.165) is 22.4 Å². The molecule has 23 heavy (non-hydrogen) atoms. The summed E-state index contributed by atoms with van der Waals surface area (Å²) in [4.78, 5) is 12.0. The molecule has 0 aliphatic rings. The lowest BCUT2D eigenvalue weighted by molar-refractivity contribution is 0.590. The van der Waals surface area contributed by atoms with Gasteiger partial charge in [0, 0.05) is 25.5 Å². The molecule has 0 unspecified atom stereocenters. The van der Waals surface area contributed by atoms with Crippen LogP contribution < -0.4 is 11.0 Å². The lowest BCUT2D eigenvalue weighted by Gasteiger charge is -2.19. The van der Waals surface area contributed by atoms with E-state index in [1.807, 2.05) is 18.2 Å². The summed E-state index contributed by atoms with van der Waals surface area (Å²) in [5.41, 5.74) is 5.33. The topological polar surface area (TPSA) is 39.0 Å². The van der Waals surface area contributed by atoms with Crippen molar-refractivity contribution in [3.05, 3.63) is 58.5 Å². The van der Waals surface area contributed by atoms with Crippen molar-refractivity contribution >= 4 is 22.4 Å². The minimum atomic E-state index is -0.00770. The quantitative estimate of drug-likeness (QED) is 0.779. The Balaban J connectivity index is 1.93. The minimum Gasteiger partial charge on any atom is -0.355 e. The summed E-state index contributed by atoms with van der Waals surface area (Å²) in [5, 5.41) is 3.41. The predicted octanol–water partition coefficient (Wildman–Crippen LogP) is 3.92. The maximum absolute atomic E-state index is 12.0. The number of imidazole rings is 1. The molecule has 4 nitrogen and oxygen atoms in total. The maximum Gasteiger partial charge on any atom is 0.328 e. The molecule has 1 heterocycles. The second-order valence-electron chi connectivity index (χ2n) is 7.06. The average molecular weight is 309 g/mol. The standard InChI is InChI=1S/C19H23N3O/c1-19(2,3)13-6-8-14(9-7-13)20-15-10-11-16-17(12-15)22(5)18(23)21(16)4/h6-12,20H,1-5H3. The Labute approximate surface area is 136 Å². The number of nitrogens with one attached hydrogen (secondary N) is 1. The van der Waals surface area contributed by atoms with Gasteiger partial charge in [-0.3, -0.25) is 9.13 Å². The van der Waals surface area contributed by atoms with E-state index in [9.17, 15) is 4.79 Å². The van der Waals surface area contributed by atoms with Crippen molar-refractivity contribution in [3.8, 4) is 0 Å². The zero-order chi connectivity index (χ0) is 16.8. The van der Waals surface area contributed by atoms with Gasteiger partial charge in [-0.05, 0) is 41.3 Å². The first-order valence-electron chi connectivity index (χ1n) is 7.80. The third kappa shape index (κ3) is 2.77. The molecule has 3 aromatic rings. The minimum absolute atomic E-state index is 0.00770. The maximum atomic E-state index is 12.0. The fourth-order valence-electron chi connectivity index (χ4n) is 2.80. The molecule has 1 N–H and O–H groups in total. The van der Waals surface area contributed by atoms with E-state index in [-0.39, 0.29) is 11.1 Å². The molecule has 0 amide bonds. The molecule has 120 valence electrons. The van der Waals surface area contributed by atoms with E-state index in [1.165, 1.54) is 5.56 Å². The summed E-state index contributed by atoms with van der Waals surface area (Å²) >= 11 is 0. The number of fused-ring (bicyclic) bond motifs is 1. The first-order chi connectivity index (χ1) is 10.8. The van der Waals surface area contributed by atoms with Crippen LogP contribution in [0, 0.1) is 0 Å². The lowest BCUT2D eigenvalue weighted by atomic mass is 9.87. The van der Waals surface area contributed by atoms with E-state index < -0.39 is 0 Å². The van der Waals surface area contributed by atoms with E-state index in [0.29, 0.717) is 0 Å². The monoisotopic (exact) mass is 309 g/mol. The van der Waals surface area contributed by atoms with Gasteiger partial charge in [0.25, 0.3) is 0 Å². The molecule has 3 rings (SSSR count). The Hall–Kier alpha value is -2.49. The highest BCUT2D eigenvalue weighted by molar-refractivity contribution is 5.81. The van der Waals surface area contributed by atoms with Crippen LogP contribution in [0.15, 0.2) is 47.3 Å². The third-order valence-electron chi connectivity index (χ3n) is 4.31. The van der Waals surface area contributed by atoms with Crippen LogP contribution in [0.3, 0.4) is 0 Å². The van der Waals surface area contributed by atoms with E-state index >= 15 is 0 Å². The summed E-state index contributed by atoms with van der Waals surface area (Å²) < 4.78 is 3.33. The molecule has 0 spiro atoms. The van der Waals surface area contributed by atoms with Crippen molar-refractivity contribution in [2.75, 3.05) is 5.32 Å². The molecule has 0 aliphatic heterocycles. The SMILES string of the molecule is Cn1c(=O)n(C)c2cc(Nc3ccc(C(C)(C)C)cc3)ccc21. The van der Waals surface area contributed by atoms with Crippen molar-refractivity contribution in [1.82, 2.24) is 9.13 Å². The number of aromatic nitrogens is 2. The predicted molar refractivity (Wildman–Crippen MR) is 96.6 cm³/mol. The van der Waals surface area contributed by atoms with Gasteiger partial charge in [-0.2, -0.15) is 0 Å². The fourth-order valence-corrected chi connectivity index (χ4v) is 2.80. The number of rotatable bonds is 2. The number of hydrogen-bond donors (Lipinski definition) is 1. The smallest absolute Gasteiger partial charge is 0.328 e. The van der Waals surface area contributed by atoms with Crippen molar-refractivity contribution in [2.45, 2.75) is 26.2 Å². The first kappa shape index (κ1) is 15.4. The Morgan fingerprint density at radius 1 is 0.826 bits per heavy atom. The highest BCUT2D eigenvalue weighted by Gasteiger charge is 2.13. The molecule has 0 saturated carbocycles. The molecule has 0 aliphatic carbocycles. The van der Waals surface area contributed by atoms with Crippen molar-refractivity contribution < 1.29 is 0 Å². The van der Waals surface area contributed by atoms with Crippen molar-refractivity contribution in [1.29, 1.82) is 0 Å². The third-order valence-corrected chi connectivity index (χ3v) is 4.31. The van der Waals surface area contributed by atoms with Gasteiger partial charge in [-0.1, -0.05) is 32.9 Å². The van der Waals surface area contributed by atoms with Gasteiger partial charge in [0.05, 0.1) is 11.0 Å². The van der Waals surface area contributed by atoms with Crippen LogP contribution in [0.4, 0.5) is 11.4 Å². The average Bonchev–Trinajstić information content (AvgIpc) is 2.72. The second kappa shape index (κ2) is 5.30. The molecule has 0 bridgehead atoms. The molecule has 2 aromatic carbocycles. The van der Waals surface area contributed by atoms with Crippen molar-refractivity contribution in [2.24, 2.45) is 14.1 Å². The zero-order valence-electron chi connectivity index (χ0n) is 14.3.